The van der Waals surface area contributed by atoms with Crippen molar-refractivity contribution in [1.82, 2.24) is 0 Å². The molecular weight excluding hydrogens is 300 g/mol. The Morgan fingerprint density at radius 2 is 1.41 bits per heavy atom. The van der Waals surface area contributed by atoms with E-state index in [2.05, 4.69) is 0 Å². The zero-order valence-electron chi connectivity index (χ0n) is 8.48. The maximum absolute atomic E-state index is 6.12. The Bertz CT molecular complexity index is 561. The molecule has 0 amide bonds. The van der Waals surface area contributed by atoms with Crippen molar-refractivity contribution < 1.29 is 0 Å². The highest BCUT2D eigenvalue weighted by Crippen LogP contribution is 2.40. The van der Waals surface area contributed by atoms with Crippen LogP contribution in [0.2, 0.25) is 20.1 Å². The van der Waals surface area contributed by atoms with E-state index in [9.17, 15) is 0 Å². The number of hydrogen-bond donors (Lipinski definition) is 1. The Morgan fingerprint density at radius 3 is 2.06 bits per heavy atom. The summed E-state index contributed by atoms with van der Waals surface area (Å²) in [5.41, 5.74) is 7.77. The topological polar surface area (TPSA) is 26.0 Å². The van der Waals surface area contributed by atoms with Gasteiger partial charge in [0, 0.05) is 16.8 Å². The van der Waals surface area contributed by atoms with Crippen molar-refractivity contribution in [2.45, 2.75) is 0 Å². The average molecular weight is 307 g/mol. The molecule has 2 aromatic carbocycles. The minimum absolute atomic E-state index is 0.394. The van der Waals surface area contributed by atoms with Crippen LogP contribution in [0.25, 0.3) is 11.1 Å². The van der Waals surface area contributed by atoms with E-state index >= 15 is 0 Å². The summed E-state index contributed by atoms with van der Waals surface area (Å²) in [6, 6.07) is 8.49. The summed E-state index contributed by atoms with van der Waals surface area (Å²) < 4.78 is 0. The van der Waals surface area contributed by atoms with E-state index in [0.29, 0.717) is 36.9 Å². The van der Waals surface area contributed by atoms with E-state index in [1.165, 1.54) is 0 Å². The van der Waals surface area contributed by atoms with Crippen LogP contribution >= 0.6 is 46.4 Å². The lowest BCUT2D eigenvalue weighted by molar-refractivity contribution is 1.60. The van der Waals surface area contributed by atoms with E-state index in [-0.39, 0.29) is 0 Å². The standard InChI is InChI=1S/C12H7Cl4N/c13-7-2-1-3-11(17)12(7)6-4-9(15)10(16)5-8(6)14/h1-5H,17H2. The van der Waals surface area contributed by atoms with E-state index in [1.807, 2.05) is 0 Å². The molecule has 0 aromatic heterocycles. The zero-order valence-corrected chi connectivity index (χ0v) is 11.5. The highest BCUT2D eigenvalue weighted by Gasteiger charge is 2.13. The molecule has 0 spiro atoms. The lowest BCUT2D eigenvalue weighted by Crippen LogP contribution is -1.91. The molecule has 0 saturated carbocycles. The zero-order chi connectivity index (χ0) is 12.6. The first-order valence-corrected chi connectivity index (χ1v) is 6.21. The third-order valence-electron chi connectivity index (χ3n) is 2.33. The van der Waals surface area contributed by atoms with Crippen molar-refractivity contribution in [3.8, 4) is 11.1 Å². The van der Waals surface area contributed by atoms with Crippen molar-refractivity contribution in [2.75, 3.05) is 5.73 Å². The molecule has 2 aromatic rings. The van der Waals surface area contributed by atoms with Gasteiger partial charge in [0.25, 0.3) is 0 Å². The molecule has 88 valence electrons. The quantitative estimate of drug-likeness (QED) is 0.542. The fourth-order valence-corrected chi connectivity index (χ4v) is 2.46. The van der Waals surface area contributed by atoms with Gasteiger partial charge in [0.1, 0.15) is 0 Å². The first kappa shape index (κ1) is 12.8. The van der Waals surface area contributed by atoms with Crippen LogP contribution in [-0.2, 0) is 0 Å². The molecule has 0 fully saturated rings. The van der Waals surface area contributed by atoms with E-state index in [1.54, 1.807) is 30.3 Å². The van der Waals surface area contributed by atoms with Crippen molar-refractivity contribution >= 4 is 52.1 Å². The summed E-state index contributed by atoms with van der Waals surface area (Å²) >= 11 is 24.1. The Morgan fingerprint density at radius 1 is 0.765 bits per heavy atom. The smallest absolute Gasteiger partial charge is 0.0607 e. The van der Waals surface area contributed by atoms with Crippen LogP contribution in [-0.4, -0.2) is 0 Å². The van der Waals surface area contributed by atoms with Crippen molar-refractivity contribution in [3.05, 3.63) is 50.4 Å². The van der Waals surface area contributed by atoms with Crippen molar-refractivity contribution in [2.24, 2.45) is 0 Å². The number of rotatable bonds is 1. The summed E-state index contributed by atoms with van der Waals surface area (Å²) in [5, 5.41) is 1.78. The third-order valence-corrected chi connectivity index (χ3v) is 3.67. The van der Waals surface area contributed by atoms with Gasteiger partial charge in [-0.1, -0.05) is 52.5 Å². The summed E-state index contributed by atoms with van der Waals surface area (Å²) in [6.45, 7) is 0. The second-order valence-electron chi connectivity index (χ2n) is 3.45. The Kier molecular flexibility index (Phi) is 3.74. The number of anilines is 1. The SMILES string of the molecule is Nc1cccc(Cl)c1-c1cc(Cl)c(Cl)cc1Cl. The second-order valence-corrected chi connectivity index (χ2v) is 5.08. The van der Waals surface area contributed by atoms with Crippen LogP contribution < -0.4 is 5.73 Å². The molecule has 2 N–H and O–H groups in total. The van der Waals surface area contributed by atoms with Gasteiger partial charge in [-0.15, -0.1) is 0 Å². The molecule has 0 heterocycles. The monoisotopic (exact) mass is 305 g/mol. The van der Waals surface area contributed by atoms with Gasteiger partial charge in [0.05, 0.1) is 20.1 Å². The number of nitrogens with two attached hydrogens (primary N) is 1. The molecule has 0 aliphatic carbocycles. The first-order valence-electron chi connectivity index (χ1n) is 4.69. The van der Waals surface area contributed by atoms with Crippen LogP contribution in [0.5, 0.6) is 0 Å². The van der Waals surface area contributed by atoms with Crippen LogP contribution in [0.1, 0.15) is 0 Å². The summed E-state index contributed by atoms with van der Waals surface area (Å²) in [5.74, 6) is 0. The molecule has 0 aliphatic heterocycles. The minimum atomic E-state index is 0.394. The van der Waals surface area contributed by atoms with Gasteiger partial charge in [0.15, 0.2) is 0 Å². The van der Waals surface area contributed by atoms with E-state index < -0.39 is 0 Å². The Balaban J connectivity index is 2.73. The molecule has 1 nitrogen and oxygen atoms in total. The largest absolute Gasteiger partial charge is 0.398 e. The van der Waals surface area contributed by atoms with Crippen LogP contribution in [0.3, 0.4) is 0 Å². The molecule has 0 bridgehead atoms. The molecule has 0 saturated heterocycles. The predicted molar refractivity (Wildman–Crippen MR) is 76.3 cm³/mol. The normalized spacial score (nSPS) is 10.6. The number of benzene rings is 2. The predicted octanol–water partition coefficient (Wildman–Crippen LogP) is 5.55. The fraction of sp³-hybridized carbons (Fsp3) is 0. The lowest BCUT2D eigenvalue weighted by atomic mass is 10.0. The Hall–Kier alpha value is -0.600. The lowest BCUT2D eigenvalue weighted by Gasteiger charge is -2.11. The Labute approximate surface area is 119 Å². The molecule has 0 unspecified atom stereocenters. The third kappa shape index (κ3) is 2.48. The summed E-state index contributed by atoms with van der Waals surface area (Å²) in [4.78, 5) is 0. The summed E-state index contributed by atoms with van der Waals surface area (Å²) in [7, 11) is 0. The van der Waals surface area contributed by atoms with Gasteiger partial charge in [-0.25, -0.2) is 0 Å². The molecule has 0 aliphatic rings. The van der Waals surface area contributed by atoms with Gasteiger partial charge in [-0.3, -0.25) is 0 Å². The van der Waals surface area contributed by atoms with Crippen LogP contribution in [0.4, 0.5) is 5.69 Å². The van der Waals surface area contributed by atoms with Gasteiger partial charge in [-0.05, 0) is 24.3 Å². The highest BCUT2D eigenvalue weighted by molar-refractivity contribution is 6.44. The van der Waals surface area contributed by atoms with Gasteiger partial charge >= 0.3 is 0 Å². The highest BCUT2D eigenvalue weighted by atomic mass is 35.5. The maximum Gasteiger partial charge on any atom is 0.0607 e. The molecule has 0 radical (unpaired) electrons. The molecule has 5 heteroatoms. The fourth-order valence-electron chi connectivity index (χ4n) is 1.54. The van der Waals surface area contributed by atoms with Crippen molar-refractivity contribution in [1.29, 1.82) is 0 Å². The number of halogens is 4. The number of nitrogen functional groups attached to an aromatic ring is 1. The van der Waals surface area contributed by atoms with Crippen LogP contribution in [0, 0.1) is 0 Å². The molecule has 0 atom stereocenters. The molecule has 2 rings (SSSR count). The van der Waals surface area contributed by atoms with Gasteiger partial charge < -0.3 is 5.73 Å². The van der Waals surface area contributed by atoms with Gasteiger partial charge in [0.2, 0.25) is 0 Å². The minimum Gasteiger partial charge on any atom is -0.398 e. The summed E-state index contributed by atoms with van der Waals surface area (Å²) in [6.07, 6.45) is 0. The first-order chi connectivity index (χ1) is 8.00. The second kappa shape index (κ2) is 4.95. The van der Waals surface area contributed by atoms with Gasteiger partial charge in [-0.2, -0.15) is 0 Å². The molecule has 17 heavy (non-hydrogen) atoms. The average Bonchev–Trinajstić information content (AvgIpc) is 2.25. The number of hydrogen-bond acceptors (Lipinski definition) is 1. The van der Waals surface area contributed by atoms with Crippen molar-refractivity contribution in [3.63, 3.8) is 0 Å². The molecular formula is C12H7Cl4N. The van der Waals surface area contributed by atoms with E-state index in [0.717, 1.165) is 0 Å². The van der Waals surface area contributed by atoms with Crippen LogP contribution in [0.15, 0.2) is 30.3 Å². The maximum atomic E-state index is 6.12. The van der Waals surface area contributed by atoms with E-state index in [4.69, 9.17) is 52.1 Å².